The smallest absolute Gasteiger partial charge is 0.253 e. The molecule has 3 aromatic rings. The van der Waals surface area contributed by atoms with E-state index in [1.807, 2.05) is 41.3 Å². The van der Waals surface area contributed by atoms with Gasteiger partial charge in [0.25, 0.3) is 5.91 Å². The summed E-state index contributed by atoms with van der Waals surface area (Å²) in [6.45, 7) is 5.85. The van der Waals surface area contributed by atoms with Crippen LogP contribution >= 0.6 is 23.2 Å². The highest BCUT2D eigenvalue weighted by molar-refractivity contribution is 6.42. The number of hydrogen-bond donors (Lipinski definition) is 0. The van der Waals surface area contributed by atoms with Gasteiger partial charge >= 0.3 is 0 Å². The predicted octanol–water partition coefficient (Wildman–Crippen LogP) is 5.94. The van der Waals surface area contributed by atoms with Crippen molar-refractivity contribution >= 4 is 40.0 Å². The van der Waals surface area contributed by atoms with Crippen molar-refractivity contribution in [1.29, 1.82) is 0 Å². The summed E-state index contributed by atoms with van der Waals surface area (Å²) in [5.41, 5.74) is 1.66. The van der Waals surface area contributed by atoms with Crippen LogP contribution in [0.4, 0.5) is 0 Å². The topological polar surface area (TPSA) is 45.7 Å². The van der Waals surface area contributed by atoms with Gasteiger partial charge in [-0.05, 0) is 55.7 Å². The monoisotopic (exact) mass is 497 g/mol. The van der Waals surface area contributed by atoms with Crippen molar-refractivity contribution in [2.24, 2.45) is 5.92 Å². The maximum atomic E-state index is 13.1. The van der Waals surface area contributed by atoms with Gasteiger partial charge in [-0.2, -0.15) is 0 Å². The van der Waals surface area contributed by atoms with E-state index in [2.05, 4.69) is 16.8 Å². The molecule has 7 heteroatoms. The second-order valence-electron chi connectivity index (χ2n) is 9.43. The molecule has 2 aliphatic rings. The first-order chi connectivity index (χ1) is 16.5. The van der Waals surface area contributed by atoms with Gasteiger partial charge in [-0.15, -0.1) is 0 Å². The number of halogens is 2. The van der Waals surface area contributed by atoms with Crippen molar-refractivity contribution in [3.8, 4) is 5.75 Å². The first-order valence-corrected chi connectivity index (χ1v) is 12.7. The number of amides is 1. The van der Waals surface area contributed by atoms with E-state index in [1.54, 1.807) is 18.3 Å². The van der Waals surface area contributed by atoms with Gasteiger partial charge in [0.15, 0.2) is 0 Å². The standard InChI is InChI=1S/C27H29Cl2N3O2/c1-18-17-32(14-10-26(18)34-22-5-6-23(28)24(29)16-22)21-8-12-31(13-9-21)27(33)20-4-7-25-19(15-20)3-2-11-30-25/h2-7,11,15-16,18,21,26H,8-10,12-14,17H2,1H3/t18-,26-/m1/s1. The number of rotatable bonds is 4. The molecule has 178 valence electrons. The molecular weight excluding hydrogens is 469 g/mol. The molecule has 0 aliphatic carbocycles. The van der Waals surface area contributed by atoms with Crippen LogP contribution in [0.3, 0.4) is 0 Å². The zero-order valence-corrected chi connectivity index (χ0v) is 20.8. The zero-order valence-electron chi connectivity index (χ0n) is 19.3. The average molecular weight is 498 g/mol. The van der Waals surface area contributed by atoms with Crippen LogP contribution in [0.1, 0.15) is 36.5 Å². The number of likely N-dealkylation sites (tertiary alicyclic amines) is 2. The Kier molecular flexibility index (Phi) is 6.96. The number of carbonyl (C=O) groups is 1. The van der Waals surface area contributed by atoms with Crippen LogP contribution in [0.25, 0.3) is 10.9 Å². The molecule has 1 amide bonds. The van der Waals surface area contributed by atoms with Crippen molar-refractivity contribution in [1.82, 2.24) is 14.8 Å². The van der Waals surface area contributed by atoms with Gasteiger partial charge in [-0.3, -0.25) is 14.7 Å². The first-order valence-electron chi connectivity index (χ1n) is 12.0. The predicted molar refractivity (Wildman–Crippen MR) is 137 cm³/mol. The largest absolute Gasteiger partial charge is 0.490 e. The highest BCUT2D eigenvalue weighted by atomic mass is 35.5. The highest BCUT2D eigenvalue weighted by Crippen LogP contribution is 2.31. The fourth-order valence-electron chi connectivity index (χ4n) is 5.21. The van der Waals surface area contributed by atoms with Crippen LogP contribution in [0.2, 0.25) is 10.0 Å². The number of nitrogens with zero attached hydrogens (tertiary/aromatic N) is 3. The molecule has 34 heavy (non-hydrogen) atoms. The normalized spacial score (nSPS) is 22.1. The molecule has 0 unspecified atom stereocenters. The summed E-state index contributed by atoms with van der Waals surface area (Å²) in [5, 5.41) is 2.06. The summed E-state index contributed by atoms with van der Waals surface area (Å²) in [6.07, 6.45) is 4.93. The van der Waals surface area contributed by atoms with Gasteiger partial charge in [0.05, 0.1) is 15.6 Å². The van der Waals surface area contributed by atoms with E-state index in [-0.39, 0.29) is 12.0 Å². The lowest BCUT2D eigenvalue weighted by Gasteiger charge is -2.44. The van der Waals surface area contributed by atoms with E-state index in [1.165, 1.54) is 0 Å². The Labute approximate surface area is 210 Å². The Morgan fingerprint density at radius 1 is 1.00 bits per heavy atom. The van der Waals surface area contributed by atoms with Gasteiger partial charge in [-0.1, -0.05) is 36.2 Å². The molecule has 1 aromatic heterocycles. The average Bonchev–Trinajstić information content (AvgIpc) is 2.87. The second-order valence-corrected chi connectivity index (χ2v) is 10.2. The molecule has 2 atom stereocenters. The number of pyridine rings is 1. The van der Waals surface area contributed by atoms with Gasteiger partial charge in [0.1, 0.15) is 11.9 Å². The SMILES string of the molecule is C[C@@H]1CN(C2CCN(C(=O)c3ccc4ncccc4c3)CC2)CC[C@H]1Oc1ccc(Cl)c(Cl)c1. The zero-order chi connectivity index (χ0) is 23.7. The maximum absolute atomic E-state index is 13.1. The lowest BCUT2D eigenvalue weighted by atomic mass is 9.92. The van der Waals surface area contributed by atoms with Gasteiger partial charge in [0, 0.05) is 61.4 Å². The molecular formula is C27H29Cl2N3O2. The molecule has 5 rings (SSSR count). The molecule has 2 aliphatic heterocycles. The van der Waals surface area contributed by atoms with Crippen LogP contribution < -0.4 is 4.74 Å². The molecule has 0 spiro atoms. The Morgan fingerprint density at radius 3 is 2.59 bits per heavy atom. The van der Waals surface area contributed by atoms with E-state index < -0.39 is 0 Å². The van der Waals surface area contributed by atoms with Gasteiger partial charge < -0.3 is 9.64 Å². The lowest BCUT2D eigenvalue weighted by molar-refractivity contribution is 0.0147. The number of piperidine rings is 2. The number of benzene rings is 2. The van der Waals surface area contributed by atoms with Crippen molar-refractivity contribution < 1.29 is 9.53 Å². The minimum Gasteiger partial charge on any atom is -0.490 e. The number of ether oxygens (including phenoxy) is 1. The molecule has 2 fully saturated rings. The van der Waals surface area contributed by atoms with Crippen molar-refractivity contribution in [3.63, 3.8) is 0 Å². The highest BCUT2D eigenvalue weighted by Gasteiger charge is 2.34. The molecule has 5 nitrogen and oxygen atoms in total. The van der Waals surface area contributed by atoms with E-state index in [0.29, 0.717) is 22.0 Å². The Morgan fingerprint density at radius 2 is 1.82 bits per heavy atom. The number of aromatic nitrogens is 1. The molecule has 0 N–H and O–H groups in total. The van der Waals surface area contributed by atoms with Gasteiger partial charge in [-0.25, -0.2) is 0 Å². The number of hydrogen-bond acceptors (Lipinski definition) is 4. The molecule has 2 saturated heterocycles. The van der Waals surface area contributed by atoms with Crippen molar-refractivity contribution in [2.45, 2.75) is 38.3 Å². The van der Waals surface area contributed by atoms with E-state index in [4.69, 9.17) is 27.9 Å². The Bertz CT molecular complexity index is 1180. The van der Waals surface area contributed by atoms with Crippen LogP contribution in [0, 0.1) is 5.92 Å². The maximum Gasteiger partial charge on any atom is 0.253 e. The second kappa shape index (κ2) is 10.1. The third kappa shape index (κ3) is 5.02. The molecule has 0 bridgehead atoms. The summed E-state index contributed by atoms with van der Waals surface area (Å²) in [5.74, 6) is 1.30. The third-order valence-corrected chi connectivity index (χ3v) is 7.89. The van der Waals surface area contributed by atoms with E-state index in [9.17, 15) is 4.79 Å². The fourth-order valence-corrected chi connectivity index (χ4v) is 5.50. The molecule has 0 saturated carbocycles. The number of carbonyl (C=O) groups excluding carboxylic acids is 1. The summed E-state index contributed by atoms with van der Waals surface area (Å²) in [7, 11) is 0. The summed E-state index contributed by atoms with van der Waals surface area (Å²) < 4.78 is 6.24. The minimum atomic E-state index is 0.117. The molecule has 2 aromatic carbocycles. The first kappa shape index (κ1) is 23.4. The van der Waals surface area contributed by atoms with Gasteiger partial charge in [0.2, 0.25) is 0 Å². The van der Waals surface area contributed by atoms with Crippen LogP contribution in [-0.4, -0.2) is 59.0 Å². The van der Waals surface area contributed by atoms with E-state index >= 15 is 0 Å². The Balaban J connectivity index is 1.14. The van der Waals surface area contributed by atoms with Crippen LogP contribution in [0.5, 0.6) is 5.75 Å². The minimum absolute atomic E-state index is 0.117. The number of fused-ring (bicyclic) bond motifs is 1. The summed E-state index contributed by atoms with van der Waals surface area (Å²) in [6, 6.07) is 15.7. The van der Waals surface area contributed by atoms with Crippen molar-refractivity contribution in [2.75, 3.05) is 26.2 Å². The molecule has 3 heterocycles. The summed E-state index contributed by atoms with van der Waals surface area (Å²) >= 11 is 12.2. The summed E-state index contributed by atoms with van der Waals surface area (Å²) in [4.78, 5) is 22.0. The lowest BCUT2D eigenvalue weighted by Crippen LogP contribution is -2.52. The fraction of sp³-hybridized carbons (Fsp3) is 0.407. The third-order valence-electron chi connectivity index (χ3n) is 7.15. The quantitative estimate of drug-likeness (QED) is 0.447. The van der Waals surface area contributed by atoms with Crippen molar-refractivity contribution in [3.05, 3.63) is 70.3 Å². The van der Waals surface area contributed by atoms with Crippen LogP contribution in [0.15, 0.2) is 54.7 Å². The van der Waals surface area contributed by atoms with Crippen LogP contribution in [-0.2, 0) is 0 Å². The Hall–Kier alpha value is -2.34. The van der Waals surface area contributed by atoms with E-state index in [0.717, 1.165) is 67.7 Å². The molecule has 0 radical (unpaired) electrons.